The lowest BCUT2D eigenvalue weighted by Crippen LogP contribution is -2.42. The van der Waals surface area contributed by atoms with E-state index in [1.165, 1.54) is 0 Å². The normalized spacial score (nSPS) is 21.6. The highest BCUT2D eigenvalue weighted by atomic mass is 16.5. The molecule has 104 valence electrons. The van der Waals surface area contributed by atoms with E-state index in [-0.39, 0.29) is 18.1 Å². The van der Waals surface area contributed by atoms with Gasteiger partial charge in [0.25, 0.3) is 5.91 Å². The number of para-hydroxylation sites is 1. The first-order chi connectivity index (χ1) is 9.83. The number of hydrogen-bond donors (Lipinski definition) is 2. The number of nitrogens with one attached hydrogen (secondary N) is 2. The Kier molecular flexibility index (Phi) is 3.67. The van der Waals surface area contributed by atoms with Gasteiger partial charge in [0.05, 0.1) is 6.04 Å². The fourth-order valence-corrected chi connectivity index (χ4v) is 2.53. The zero-order valence-electron chi connectivity index (χ0n) is 11.1. The van der Waals surface area contributed by atoms with Gasteiger partial charge in [0.2, 0.25) is 0 Å². The molecule has 5 nitrogen and oxygen atoms in total. The summed E-state index contributed by atoms with van der Waals surface area (Å²) in [5.74, 6) is 0.719. The first kappa shape index (κ1) is 12.7. The number of H-pyrrole nitrogens is 1. The number of nitrogens with zero attached hydrogens (tertiary/aromatic N) is 1. The van der Waals surface area contributed by atoms with Crippen LogP contribution in [0.15, 0.2) is 42.6 Å². The number of benzene rings is 1. The van der Waals surface area contributed by atoms with Crippen LogP contribution in [0.4, 0.5) is 0 Å². The summed E-state index contributed by atoms with van der Waals surface area (Å²) in [4.78, 5) is 12.0. The van der Waals surface area contributed by atoms with Gasteiger partial charge in [-0.1, -0.05) is 18.2 Å². The standard InChI is InChI=1S/C15H17N3O2/c19-15(13-9-10-16-18-13)17-12-7-4-8-14(12)20-11-5-2-1-3-6-11/h1-3,5-6,9-10,12,14H,4,7-8H2,(H,16,18)(H,17,19). The molecular weight excluding hydrogens is 254 g/mol. The van der Waals surface area contributed by atoms with E-state index >= 15 is 0 Å². The molecule has 0 aliphatic heterocycles. The largest absolute Gasteiger partial charge is 0.488 e. The highest BCUT2D eigenvalue weighted by Gasteiger charge is 2.30. The molecule has 0 spiro atoms. The lowest BCUT2D eigenvalue weighted by molar-refractivity contribution is 0.0889. The van der Waals surface area contributed by atoms with Crippen molar-refractivity contribution in [1.82, 2.24) is 15.5 Å². The molecule has 1 aromatic carbocycles. The van der Waals surface area contributed by atoms with E-state index in [9.17, 15) is 4.79 Å². The van der Waals surface area contributed by atoms with Crippen LogP contribution in [-0.4, -0.2) is 28.3 Å². The molecule has 0 radical (unpaired) electrons. The van der Waals surface area contributed by atoms with Gasteiger partial charge in [-0.15, -0.1) is 0 Å². The molecular formula is C15H17N3O2. The topological polar surface area (TPSA) is 67.0 Å². The average molecular weight is 271 g/mol. The molecule has 1 heterocycles. The molecule has 1 aliphatic carbocycles. The van der Waals surface area contributed by atoms with Gasteiger partial charge in [-0.25, -0.2) is 0 Å². The molecule has 2 N–H and O–H groups in total. The Labute approximate surface area is 117 Å². The fraction of sp³-hybridized carbons (Fsp3) is 0.333. The van der Waals surface area contributed by atoms with E-state index in [4.69, 9.17) is 4.74 Å². The molecule has 0 bridgehead atoms. The Morgan fingerprint density at radius 2 is 2.10 bits per heavy atom. The molecule has 1 fully saturated rings. The van der Waals surface area contributed by atoms with Crippen LogP contribution in [0.3, 0.4) is 0 Å². The van der Waals surface area contributed by atoms with Crippen LogP contribution < -0.4 is 10.1 Å². The molecule has 1 saturated carbocycles. The van der Waals surface area contributed by atoms with Gasteiger partial charge in [0.1, 0.15) is 17.5 Å². The molecule has 0 saturated heterocycles. The summed E-state index contributed by atoms with van der Waals surface area (Å²) in [6.07, 6.45) is 4.57. The maximum atomic E-state index is 12.0. The van der Waals surface area contributed by atoms with Crippen molar-refractivity contribution in [2.45, 2.75) is 31.4 Å². The summed E-state index contributed by atoms with van der Waals surface area (Å²) in [5.41, 5.74) is 0.482. The lowest BCUT2D eigenvalue weighted by atomic mass is 10.2. The zero-order valence-corrected chi connectivity index (χ0v) is 11.1. The monoisotopic (exact) mass is 271 g/mol. The van der Waals surface area contributed by atoms with Crippen molar-refractivity contribution in [3.63, 3.8) is 0 Å². The Bertz CT molecular complexity index is 554. The Hall–Kier alpha value is -2.30. The van der Waals surface area contributed by atoms with Crippen LogP contribution >= 0.6 is 0 Å². The van der Waals surface area contributed by atoms with E-state index < -0.39 is 0 Å². The van der Waals surface area contributed by atoms with Crippen LogP contribution in [0.5, 0.6) is 5.75 Å². The molecule has 2 atom stereocenters. The Balaban J connectivity index is 1.62. The van der Waals surface area contributed by atoms with Crippen LogP contribution in [-0.2, 0) is 0 Å². The number of amides is 1. The van der Waals surface area contributed by atoms with Crippen molar-refractivity contribution >= 4 is 5.91 Å². The summed E-state index contributed by atoms with van der Waals surface area (Å²) in [7, 11) is 0. The quantitative estimate of drug-likeness (QED) is 0.895. The van der Waals surface area contributed by atoms with Gasteiger partial charge in [0.15, 0.2) is 0 Å². The number of aromatic amines is 1. The molecule has 20 heavy (non-hydrogen) atoms. The van der Waals surface area contributed by atoms with Crippen molar-refractivity contribution < 1.29 is 9.53 Å². The molecule has 1 amide bonds. The van der Waals surface area contributed by atoms with Gasteiger partial charge < -0.3 is 10.1 Å². The smallest absolute Gasteiger partial charge is 0.269 e. The lowest BCUT2D eigenvalue weighted by Gasteiger charge is -2.22. The molecule has 2 aromatic rings. The Morgan fingerprint density at radius 1 is 1.25 bits per heavy atom. The highest BCUT2D eigenvalue weighted by Crippen LogP contribution is 2.24. The molecule has 5 heteroatoms. The number of hydrogen-bond acceptors (Lipinski definition) is 3. The number of ether oxygens (including phenoxy) is 1. The van der Waals surface area contributed by atoms with Crippen molar-refractivity contribution in [2.24, 2.45) is 0 Å². The highest BCUT2D eigenvalue weighted by molar-refractivity contribution is 5.92. The van der Waals surface area contributed by atoms with E-state index in [1.807, 2.05) is 30.3 Å². The summed E-state index contributed by atoms with van der Waals surface area (Å²) in [6.45, 7) is 0. The van der Waals surface area contributed by atoms with Crippen molar-refractivity contribution in [2.75, 3.05) is 0 Å². The fourth-order valence-electron chi connectivity index (χ4n) is 2.53. The minimum absolute atomic E-state index is 0.0317. The third-order valence-electron chi connectivity index (χ3n) is 3.55. The van der Waals surface area contributed by atoms with Gasteiger partial charge in [-0.05, 0) is 37.5 Å². The second-order valence-electron chi connectivity index (χ2n) is 4.95. The van der Waals surface area contributed by atoms with Gasteiger partial charge in [-0.3, -0.25) is 9.89 Å². The number of carbonyl (C=O) groups excluding carboxylic acids is 1. The maximum Gasteiger partial charge on any atom is 0.269 e. The van der Waals surface area contributed by atoms with Crippen LogP contribution in [0.25, 0.3) is 0 Å². The average Bonchev–Trinajstić information content (AvgIpc) is 3.12. The minimum Gasteiger partial charge on any atom is -0.488 e. The molecule has 1 aliphatic rings. The predicted octanol–water partition coefficient (Wildman–Crippen LogP) is 2.14. The second kappa shape index (κ2) is 5.77. The van der Waals surface area contributed by atoms with Crippen LogP contribution in [0.1, 0.15) is 29.8 Å². The van der Waals surface area contributed by atoms with E-state index in [0.29, 0.717) is 5.69 Å². The summed E-state index contributed by atoms with van der Waals surface area (Å²) in [6, 6.07) is 11.4. The van der Waals surface area contributed by atoms with Gasteiger partial charge in [0, 0.05) is 6.20 Å². The second-order valence-corrected chi connectivity index (χ2v) is 4.95. The van der Waals surface area contributed by atoms with Crippen molar-refractivity contribution in [3.8, 4) is 5.75 Å². The summed E-state index contributed by atoms with van der Waals surface area (Å²) < 4.78 is 5.97. The summed E-state index contributed by atoms with van der Waals surface area (Å²) >= 11 is 0. The number of aromatic nitrogens is 2. The molecule has 2 unspecified atom stereocenters. The van der Waals surface area contributed by atoms with Crippen LogP contribution in [0.2, 0.25) is 0 Å². The predicted molar refractivity (Wildman–Crippen MR) is 74.6 cm³/mol. The van der Waals surface area contributed by atoms with Crippen LogP contribution in [0, 0.1) is 0 Å². The number of carbonyl (C=O) groups is 1. The summed E-state index contributed by atoms with van der Waals surface area (Å²) in [5, 5.41) is 9.48. The third kappa shape index (κ3) is 2.82. The van der Waals surface area contributed by atoms with E-state index in [2.05, 4.69) is 15.5 Å². The minimum atomic E-state index is -0.129. The zero-order chi connectivity index (χ0) is 13.8. The van der Waals surface area contributed by atoms with E-state index in [1.54, 1.807) is 12.3 Å². The molecule has 3 rings (SSSR count). The van der Waals surface area contributed by atoms with E-state index in [0.717, 1.165) is 25.0 Å². The number of rotatable bonds is 4. The van der Waals surface area contributed by atoms with Gasteiger partial charge in [-0.2, -0.15) is 5.10 Å². The van der Waals surface area contributed by atoms with Gasteiger partial charge >= 0.3 is 0 Å². The SMILES string of the molecule is O=C(NC1CCCC1Oc1ccccc1)c1ccn[nH]1. The van der Waals surface area contributed by atoms with Crippen molar-refractivity contribution in [3.05, 3.63) is 48.3 Å². The first-order valence-corrected chi connectivity index (χ1v) is 6.85. The first-order valence-electron chi connectivity index (χ1n) is 6.85. The Morgan fingerprint density at radius 3 is 2.85 bits per heavy atom. The van der Waals surface area contributed by atoms with Crippen molar-refractivity contribution in [1.29, 1.82) is 0 Å². The molecule has 1 aromatic heterocycles. The maximum absolute atomic E-state index is 12.0. The third-order valence-corrected chi connectivity index (χ3v) is 3.55.